The zero-order valence-corrected chi connectivity index (χ0v) is 16.5. The van der Waals surface area contributed by atoms with Gasteiger partial charge in [0.15, 0.2) is 10.9 Å². The van der Waals surface area contributed by atoms with Crippen molar-refractivity contribution in [1.82, 2.24) is 10.4 Å². The number of unbranched alkanes of at least 4 members (excludes halogenated alkanes) is 1. The molecular weight excluding hydrogens is 386 g/mol. The van der Waals surface area contributed by atoms with E-state index in [2.05, 4.69) is 15.5 Å². The van der Waals surface area contributed by atoms with Crippen LogP contribution in [0.2, 0.25) is 0 Å². The number of nitro benzene ring substituents is 1. The number of thiazole rings is 1. The number of hydrogen-bond donors (Lipinski definition) is 2. The monoisotopic (exact) mass is 407 g/mol. The second-order valence-corrected chi connectivity index (χ2v) is 6.73. The van der Waals surface area contributed by atoms with Gasteiger partial charge in [0.2, 0.25) is 5.75 Å². The van der Waals surface area contributed by atoms with Crippen LogP contribution in [0.1, 0.15) is 40.7 Å². The van der Waals surface area contributed by atoms with Crippen LogP contribution in [0.5, 0.6) is 11.5 Å². The number of nitrogens with two attached hydrogens (primary N) is 1. The smallest absolute Gasteiger partial charge is 0.315 e. The molecule has 0 bridgehead atoms. The molecule has 2 rings (SSSR count). The molecule has 150 valence electrons. The summed E-state index contributed by atoms with van der Waals surface area (Å²) in [7, 11) is 1.39. The molecule has 11 heteroatoms. The number of hydrazone groups is 1. The number of anilines is 1. The number of amides is 1. The summed E-state index contributed by atoms with van der Waals surface area (Å²) < 4.78 is 10.8. The van der Waals surface area contributed by atoms with Gasteiger partial charge in [-0.3, -0.25) is 14.9 Å². The third-order valence-corrected chi connectivity index (χ3v) is 4.60. The third kappa shape index (κ3) is 5.16. The molecule has 0 aliphatic rings. The number of methoxy groups -OCH3 is 1. The van der Waals surface area contributed by atoms with Crippen LogP contribution in [0.15, 0.2) is 17.2 Å². The molecular formula is C17H21N5O5S. The summed E-state index contributed by atoms with van der Waals surface area (Å²) in [4.78, 5) is 27.3. The summed E-state index contributed by atoms with van der Waals surface area (Å²) in [6.45, 7) is 4.00. The van der Waals surface area contributed by atoms with Crippen LogP contribution < -0.4 is 20.6 Å². The average Bonchev–Trinajstić information content (AvgIpc) is 3.00. The summed E-state index contributed by atoms with van der Waals surface area (Å²) in [5.74, 6) is -0.189. The van der Waals surface area contributed by atoms with Gasteiger partial charge in [0, 0.05) is 11.6 Å². The highest BCUT2D eigenvalue weighted by Crippen LogP contribution is 2.38. The minimum Gasteiger partial charge on any atom is -0.493 e. The van der Waals surface area contributed by atoms with Gasteiger partial charge in [0.25, 0.3) is 5.91 Å². The summed E-state index contributed by atoms with van der Waals surface area (Å²) in [6.07, 6.45) is 2.94. The van der Waals surface area contributed by atoms with Crippen LogP contribution >= 0.6 is 11.3 Å². The molecule has 2 aromatic rings. The van der Waals surface area contributed by atoms with Gasteiger partial charge in [0.05, 0.1) is 30.5 Å². The van der Waals surface area contributed by atoms with E-state index in [1.807, 2.05) is 6.92 Å². The Morgan fingerprint density at radius 3 is 2.82 bits per heavy atom. The Morgan fingerprint density at radius 2 is 2.25 bits per heavy atom. The van der Waals surface area contributed by atoms with Gasteiger partial charge in [0.1, 0.15) is 4.88 Å². The van der Waals surface area contributed by atoms with Gasteiger partial charge >= 0.3 is 5.69 Å². The molecule has 0 unspecified atom stereocenters. The first-order valence-corrected chi connectivity index (χ1v) is 9.24. The van der Waals surface area contributed by atoms with E-state index < -0.39 is 10.8 Å². The molecule has 1 aromatic heterocycles. The minimum atomic E-state index is -0.552. The lowest BCUT2D eigenvalue weighted by molar-refractivity contribution is -0.386. The van der Waals surface area contributed by atoms with Crippen molar-refractivity contribution in [2.45, 2.75) is 26.7 Å². The van der Waals surface area contributed by atoms with Crippen molar-refractivity contribution in [1.29, 1.82) is 0 Å². The first-order valence-electron chi connectivity index (χ1n) is 8.42. The lowest BCUT2D eigenvalue weighted by atomic mass is 10.2. The van der Waals surface area contributed by atoms with E-state index in [1.54, 1.807) is 13.0 Å². The molecule has 0 fully saturated rings. The Morgan fingerprint density at radius 1 is 1.50 bits per heavy atom. The quantitative estimate of drug-likeness (QED) is 0.282. The maximum absolute atomic E-state index is 12.1. The largest absolute Gasteiger partial charge is 0.493 e. The Hall–Kier alpha value is -3.21. The van der Waals surface area contributed by atoms with Crippen molar-refractivity contribution < 1.29 is 19.2 Å². The third-order valence-electron chi connectivity index (χ3n) is 3.62. The SMILES string of the molecule is CCCCOc1c(OC)cc(/C=N\NC(=O)c2sc(N)nc2C)cc1[N+](=O)[O-]. The number of hydrogen-bond acceptors (Lipinski definition) is 9. The standard InChI is InChI=1S/C17H21N5O5S/c1-4-5-6-27-14-12(22(24)25)7-11(8-13(14)26-3)9-19-21-16(23)15-10(2)20-17(18)28-15/h7-9H,4-6H2,1-3H3,(H2,18,20)(H,21,23)/b19-9-. The zero-order chi connectivity index (χ0) is 20.7. The van der Waals surface area contributed by atoms with Crippen molar-refractivity contribution in [3.8, 4) is 11.5 Å². The zero-order valence-electron chi connectivity index (χ0n) is 15.7. The summed E-state index contributed by atoms with van der Waals surface area (Å²) in [6, 6.07) is 2.84. The second kappa shape index (κ2) is 9.65. The fourth-order valence-electron chi connectivity index (χ4n) is 2.28. The van der Waals surface area contributed by atoms with Crippen molar-refractivity contribution in [2.24, 2.45) is 5.10 Å². The number of ether oxygens (including phenoxy) is 2. The number of benzene rings is 1. The van der Waals surface area contributed by atoms with Crippen LogP contribution in [0.25, 0.3) is 0 Å². The molecule has 28 heavy (non-hydrogen) atoms. The maximum Gasteiger partial charge on any atom is 0.315 e. The van der Waals surface area contributed by atoms with E-state index in [4.69, 9.17) is 15.2 Å². The van der Waals surface area contributed by atoms with E-state index in [0.29, 0.717) is 22.7 Å². The van der Waals surface area contributed by atoms with Crippen LogP contribution in [-0.2, 0) is 0 Å². The van der Waals surface area contributed by atoms with Gasteiger partial charge in [-0.2, -0.15) is 5.10 Å². The molecule has 1 heterocycles. The van der Waals surface area contributed by atoms with Crippen LogP contribution in [0, 0.1) is 17.0 Å². The van der Waals surface area contributed by atoms with E-state index in [1.165, 1.54) is 19.4 Å². The van der Waals surface area contributed by atoms with E-state index in [0.717, 1.165) is 24.2 Å². The fourth-order valence-corrected chi connectivity index (χ4v) is 3.00. The normalized spacial score (nSPS) is 10.8. The summed E-state index contributed by atoms with van der Waals surface area (Å²) in [5, 5.41) is 15.5. The van der Waals surface area contributed by atoms with E-state index in [-0.39, 0.29) is 22.3 Å². The topological polar surface area (TPSA) is 142 Å². The number of carbonyl (C=O) groups is 1. The first-order chi connectivity index (χ1) is 13.4. The number of aryl methyl sites for hydroxylation is 1. The number of rotatable bonds is 9. The Bertz CT molecular complexity index is 896. The molecule has 3 N–H and O–H groups in total. The molecule has 0 saturated heterocycles. The predicted octanol–water partition coefficient (Wildman–Crippen LogP) is 2.89. The molecule has 1 amide bonds. The average molecular weight is 407 g/mol. The highest BCUT2D eigenvalue weighted by Gasteiger charge is 2.22. The predicted molar refractivity (Wildman–Crippen MR) is 106 cm³/mol. The molecule has 0 aliphatic carbocycles. The summed E-state index contributed by atoms with van der Waals surface area (Å²) >= 11 is 1.05. The minimum absolute atomic E-state index is 0.0675. The van der Waals surface area contributed by atoms with Crippen molar-refractivity contribution >= 4 is 34.3 Å². The number of carbonyl (C=O) groups excluding carboxylic acids is 1. The maximum atomic E-state index is 12.1. The van der Waals surface area contributed by atoms with Crippen molar-refractivity contribution in [3.05, 3.63) is 38.4 Å². The van der Waals surface area contributed by atoms with Gasteiger partial charge in [-0.15, -0.1) is 0 Å². The lowest BCUT2D eigenvalue weighted by Crippen LogP contribution is -2.17. The molecule has 0 spiro atoms. The number of nitrogens with zero attached hydrogens (tertiary/aromatic N) is 3. The number of nitrogen functional groups attached to an aromatic ring is 1. The number of nitro groups is 1. The Balaban J connectivity index is 2.21. The molecule has 0 radical (unpaired) electrons. The van der Waals surface area contributed by atoms with Crippen LogP contribution in [0.3, 0.4) is 0 Å². The van der Waals surface area contributed by atoms with Gasteiger partial charge < -0.3 is 15.2 Å². The Kier molecular flexibility index (Phi) is 7.27. The molecule has 10 nitrogen and oxygen atoms in total. The van der Waals surface area contributed by atoms with Crippen LogP contribution in [-0.4, -0.2) is 35.7 Å². The van der Waals surface area contributed by atoms with Gasteiger partial charge in [-0.1, -0.05) is 24.7 Å². The van der Waals surface area contributed by atoms with Crippen molar-refractivity contribution in [2.75, 3.05) is 19.5 Å². The van der Waals surface area contributed by atoms with Crippen molar-refractivity contribution in [3.63, 3.8) is 0 Å². The molecule has 0 atom stereocenters. The number of aromatic nitrogens is 1. The second-order valence-electron chi connectivity index (χ2n) is 5.70. The van der Waals surface area contributed by atoms with Gasteiger partial charge in [-0.25, -0.2) is 10.4 Å². The van der Waals surface area contributed by atoms with Gasteiger partial charge in [-0.05, 0) is 19.4 Å². The van der Waals surface area contributed by atoms with E-state index in [9.17, 15) is 14.9 Å². The number of nitrogens with one attached hydrogen (secondary N) is 1. The highest BCUT2D eigenvalue weighted by atomic mass is 32.1. The highest BCUT2D eigenvalue weighted by molar-refractivity contribution is 7.17. The first kappa shape index (κ1) is 21.1. The lowest BCUT2D eigenvalue weighted by Gasteiger charge is -2.11. The van der Waals surface area contributed by atoms with E-state index >= 15 is 0 Å². The molecule has 0 aliphatic heterocycles. The Labute approximate surface area is 165 Å². The molecule has 0 saturated carbocycles. The molecule has 1 aromatic carbocycles. The summed E-state index contributed by atoms with van der Waals surface area (Å²) in [5.41, 5.74) is 8.55. The van der Waals surface area contributed by atoms with Crippen LogP contribution in [0.4, 0.5) is 10.8 Å². The fraction of sp³-hybridized carbons (Fsp3) is 0.353.